The maximum Gasteiger partial charge on any atom is 0.251 e. The number of methoxy groups -OCH3 is 1. The first kappa shape index (κ1) is 47.1. The van der Waals surface area contributed by atoms with Gasteiger partial charge in [-0.1, -0.05) is 19.8 Å². The van der Waals surface area contributed by atoms with Gasteiger partial charge < -0.3 is 44.8 Å². The van der Waals surface area contributed by atoms with Crippen molar-refractivity contribution in [2.24, 2.45) is 5.92 Å². The van der Waals surface area contributed by atoms with Crippen LogP contribution in [0.25, 0.3) is 0 Å². The van der Waals surface area contributed by atoms with Crippen molar-refractivity contribution in [3.05, 3.63) is 59.3 Å². The van der Waals surface area contributed by atoms with Crippen LogP contribution in [0.4, 0.5) is 37.6 Å². The molecule has 364 valence electrons. The second-order valence-electron chi connectivity index (χ2n) is 19.4. The number of aromatic nitrogens is 2. The third-order valence-electron chi connectivity index (χ3n) is 15.3. The molecular weight excluding hydrogens is 881 g/mol. The van der Waals surface area contributed by atoms with Crippen molar-refractivity contribution < 1.29 is 47.3 Å². The molecule has 1 spiro atoms. The summed E-state index contributed by atoms with van der Waals surface area (Å²) in [6.07, 6.45) is 9.46. The number of carbonyl (C=O) groups excluding carboxylic acids is 5. The molecule has 1 aliphatic carbocycles. The van der Waals surface area contributed by atoms with E-state index in [1.807, 2.05) is 16.7 Å². The van der Waals surface area contributed by atoms with Gasteiger partial charge in [-0.15, -0.1) is 0 Å². The molecule has 2 unspecified atom stereocenters. The van der Waals surface area contributed by atoms with Gasteiger partial charge in [-0.25, -0.2) is 13.8 Å². The monoisotopic (exact) mass is 941 g/mol. The van der Waals surface area contributed by atoms with Gasteiger partial charge >= 0.3 is 0 Å². The Balaban J connectivity index is 0.801. The first-order valence-corrected chi connectivity index (χ1v) is 24.1. The van der Waals surface area contributed by atoms with Crippen LogP contribution in [0.15, 0.2) is 36.5 Å². The predicted octanol–water partition coefficient (Wildman–Crippen LogP) is 5.08. The number of likely N-dealkylation sites (tertiary alicyclic amines) is 1. The van der Waals surface area contributed by atoms with E-state index in [1.165, 1.54) is 19.2 Å². The summed E-state index contributed by atoms with van der Waals surface area (Å²) < 4.78 is 42.8. The molecule has 0 bridgehead atoms. The number of anilines is 5. The minimum atomic E-state index is -1.07. The smallest absolute Gasteiger partial charge is 0.251 e. The van der Waals surface area contributed by atoms with E-state index in [0.717, 1.165) is 25.7 Å². The predicted molar refractivity (Wildman–Crippen MR) is 248 cm³/mol. The molecule has 9 rings (SSSR count). The van der Waals surface area contributed by atoms with Crippen molar-refractivity contribution in [2.75, 3.05) is 73.6 Å². The number of amides is 5. The van der Waals surface area contributed by atoms with E-state index in [-0.39, 0.29) is 73.8 Å². The second-order valence-corrected chi connectivity index (χ2v) is 19.4. The highest BCUT2D eigenvalue weighted by Gasteiger charge is 2.52. The highest BCUT2D eigenvalue weighted by atomic mass is 19.1. The Hall–Kier alpha value is -5.95. The number of benzene rings is 2. The molecule has 3 aromatic rings. The Morgan fingerprint density at radius 1 is 1.00 bits per heavy atom. The molecule has 6 heterocycles. The number of aliphatic hydroxyl groups is 1. The molecule has 4 saturated heterocycles. The van der Waals surface area contributed by atoms with Crippen LogP contribution in [0.3, 0.4) is 0 Å². The molecule has 5 fully saturated rings. The topological polar surface area (TPSA) is 199 Å². The minimum Gasteiger partial charge on any atom is -0.495 e. The molecule has 5 aliphatic heterocycles. The van der Waals surface area contributed by atoms with Crippen molar-refractivity contribution in [3.8, 4) is 5.75 Å². The molecule has 1 aromatic heterocycles. The minimum absolute atomic E-state index is 0.0114. The fourth-order valence-corrected chi connectivity index (χ4v) is 11.5. The average Bonchev–Trinajstić information content (AvgIpc) is 3.99. The summed E-state index contributed by atoms with van der Waals surface area (Å²) in [6, 6.07) is 7.43. The average molecular weight is 942 g/mol. The Bertz CT molecular complexity index is 2430. The number of nitrogens with zero attached hydrogens (tertiary/aromatic N) is 6. The van der Waals surface area contributed by atoms with Gasteiger partial charge in [0.15, 0.2) is 5.82 Å². The number of ether oxygens (including phenoxy) is 2. The summed E-state index contributed by atoms with van der Waals surface area (Å²) in [7, 11) is 3.28. The standard InChI is InChI=1S/C49H61F2N9O8/c1-4-37-46(66)57(2)38-26-52-47(55-42(38)60(37)31-7-5-6-8-31)53-36-11-9-30(23-39(36)67-3)43(63)56-48(17-22-61)27-49(68-28-48)15-20-59(21-16-49)45(65)29-13-18-58(19-14-29)32-24-34(50)41(35(51)25-32)33-10-12-40(62)54-44(33)64/h9,11,23-26,29,31,33,37,61H,4-8,10,12-22,27-28H2,1-3H3,(H,56,63)(H,52,53,55)(H,54,62,64)/t33?,37-,48?/m1/s1. The molecule has 2 aromatic carbocycles. The van der Waals surface area contributed by atoms with Crippen LogP contribution >= 0.6 is 0 Å². The summed E-state index contributed by atoms with van der Waals surface area (Å²) in [5, 5.41) is 18.8. The van der Waals surface area contributed by atoms with Crippen molar-refractivity contribution in [3.63, 3.8) is 0 Å². The zero-order valence-corrected chi connectivity index (χ0v) is 39.0. The molecule has 19 heteroatoms. The van der Waals surface area contributed by atoms with Crippen LogP contribution in [0.1, 0.15) is 112 Å². The number of likely N-dealkylation sites (N-methyl/N-ethyl adjacent to an activating group) is 1. The number of aliphatic hydroxyl groups excluding tert-OH is 1. The summed E-state index contributed by atoms with van der Waals surface area (Å²) in [6.45, 7) is 3.83. The van der Waals surface area contributed by atoms with Crippen LogP contribution in [0, 0.1) is 17.6 Å². The Labute approximate surface area is 394 Å². The lowest BCUT2D eigenvalue weighted by Crippen LogP contribution is -2.55. The van der Waals surface area contributed by atoms with Crippen LogP contribution in [0.5, 0.6) is 5.75 Å². The number of hydrogen-bond donors (Lipinski definition) is 4. The summed E-state index contributed by atoms with van der Waals surface area (Å²) in [5.41, 5.74) is 0.124. The van der Waals surface area contributed by atoms with Gasteiger partial charge in [-0.3, -0.25) is 29.3 Å². The van der Waals surface area contributed by atoms with Crippen molar-refractivity contribution in [1.82, 2.24) is 25.5 Å². The zero-order valence-electron chi connectivity index (χ0n) is 39.0. The largest absolute Gasteiger partial charge is 0.495 e. The number of carbonyl (C=O) groups is 5. The number of hydrogen-bond acceptors (Lipinski definition) is 13. The van der Waals surface area contributed by atoms with Crippen LogP contribution in [-0.2, 0) is 23.9 Å². The van der Waals surface area contributed by atoms with Gasteiger partial charge in [0.1, 0.15) is 29.1 Å². The Morgan fingerprint density at radius 2 is 1.72 bits per heavy atom. The molecule has 6 aliphatic rings. The Morgan fingerprint density at radius 3 is 2.38 bits per heavy atom. The van der Waals surface area contributed by atoms with Crippen molar-refractivity contribution >= 4 is 58.4 Å². The number of halogens is 2. The fraction of sp³-hybridized carbons (Fsp3) is 0.571. The molecule has 4 N–H and O–H groups in total. The highest BCUT2D eigenvalue weighted by Crippen LogP contribution is 2.44. The van der Waals surface area contributed by atoms with E-state index in [9.17, 15) is 29.1 Å². The second kappa shape index (κ2) is 19.2. The molecular formula is C49H61F2N9O8. The number of nitrogens with one attached hydrogen (secondary N) is 3. The van der Waals surface area contributed by atoms with Crippen LogP contribution in [0.2, 0.25) is 0 Å². The van der Waals surface area contributed by atoms with E-state index >= 15 is 8.78 Å². The summed E-state index contributed by atoms with van der Waals surface area (Å²) in [5.74, 6) is -3.01. The number of rotatable bonds is 12. The van der Waals surface area contributed by atoms with Gasteiger partial charge in [-0.05, 0) is 88.1 Å². The normalized spacial score (nSPS) is 24.4. The van der Waals surface area contributed by atoms with Gasteiger partial charge in [0, 0.05) is 81.4 Å². The van der Waals surface area contributed by atoms with E-state index in [2.05, 4.69) is 25.8 Å². The van der Waals surface area contributed by atoms with E-state index in [4.69, 9.17) is 14.5 Å². The van der Waals surface area contributed by atoms with E-state index in [0.29, 0.717) is 105 Å². The fourth-order valence-electron chi connectivity index (χ4n) is 11.5. The maximum absolute atomic E-state index is 15.3. The van der Waals surface area contributed by atoms with E-state index < -0.39 is 40.5 Å². The lowest BCUT2D eigenvalue weighted by molar-refractivity contribution is -0.141. The lowest BCUT2D eigenvalue weighted by atomic mass is 9.80. The molecule has 3 atom stereocenters. The molecule has 5 amide bonds. The number of fused-ring (bicyclic) bond motifs is 1. The third kappa shape index (κ3) is 9.06. The van der Waals surface area contributed by atoms with Crippen molar-refractivity contribution in [1.29, 1.82) is 0 Å². The van der Waals surface area contributed by atoms with Gasteiger partial charge in [0.2, 0.25) is 29.6 Å². The van der Waals surface area contributed by atoms with Gasteiger partial charge in [0.25, 0.3) is 5.91 Å². The quantitative estimate of drug-likeness (QED) is 0.176. The summed E-state index contributed by atoms with van der Waals surface area (Å²) in [4.78, 5) is 82.1. The van der Waals surface area contributed by atoms with Crippen LogP contribution in [-0.4, -0.2) is 126 Å². The molecule has 0 radical (unpaired) electrons. The molecule has 17 nitrogen and oxygen atoms in total. The summed E-state index contributed by atoms with van der Waals surface area (Å²) >= 11 is 0. The number of piperidine rings is 3. The van der Waals surface area contributed by atoms with E-state index in [1.54, 1.807) is 36.3 Å². The van der Waals surface area contributed by atoms with Crippen LogP contribution < -0.4 is 35.4 Å². The first-order chi connectivity index (χ1) is 32.7. The van der Waals surface area contributed by atoms with Gasteiger partial charge in [-0.2, -0.15) is 4.98 Å². The first-order valence-electron chi connectivity index (χ1n) is 24.1. The SMILES string of the molecule is CC[C@@H]1C(=O)N(C)c2cnc(Nc3ccc(C(=O)NC4(CCO)COC5(CCN(C(=O)C6CCN(c7cc(F)c(C8CCC(=O)NC8=O)c(F)c7)CC6)CC5)C4)cc3OC)nc2N1C1CCCC1. The van der Waals surface area contributed by atoms with Gasteiger partial charge in [0.05, 0.1) is 42.7 Å². The molecule has 68 heavy (non-hydrogen) atoms. The lowest BCUT2D eigenvalue weighted by Gasteiger charge is -2.43. The zero-order chi connectivity index (χ0) is 47.9. The Kier molecular flexibility index (Phi) is 13.3. The van der Waals surface area contributed by atoms with Crippen molar-refractivity contribution in [2.45, 2.75) is 120 Å². The maximum atomic E-state index is 15.3. The highest BCUT2D eigenvalue weighted by molar-refractivity contribution is 6.04. The number of imide groups is 1. The third-order valence-corrected chi connectivity index (χ3v) is 15.3. The molecule has 1 saturated carbocycles.